The van der Waals surface area contributed by atoms with E-state index in [-0.39, 0.29) is 23.7 Å². The Morgan fingerprint density at radius 1 is 1.62 bits per heavy atom. The standard InChI is InChI=1S/C9H10N2O5/c1-2-16-9(13)10-7-4-3-6(11(14)15)5-8(7)12/h3-5,12H,2H2,1H3,(H,10,13). The summed E-state index contributed by atoms with van der Waals surface area (Å²) >= 11 is 0. The van der Waals surface area contributed by atoms with Gasteiger partial charge in [-0.15, -0.1) is 0 Å². The number of anilines is 1. The monoisotopic (exact) mass is 226 g/mol. The summed E-state index contributed by atoms with van der Waals surface area (Å²) < 4.78 is 4.58. The molecule has 0 saturated heterocycles. The molecule has 1 aromatic rings. The number of nitro benzene ring substituents is 1. The van der Waals surface area contributed by atoms with Crippen LogP contribution < -0.4 is 5.32 Å². The molecular formula is C9H10N2O5. The average Bonchev–Trinajstić information content (AvgIpc) is 2.21. The molecule has 0 aliphatic rings. The Morgan fingerprint density at radius 3 is 2.81 bits per heavy atom. The van der Waals surface area contributed by atoms with E-state index < -0.39 is 11.0 Å². The van der Waals surface area contributed by atoms with Crippen LogP contribution in [0.25, 0.3) is 0 Å². The molecule has 2 N–H and O–H groups in total. The molecule has 0 aliphatic heterocycles. The molecule has 0 unspecified atom stereocenters. The van der Waals surface area contributed by atoms with Crippen LogP contribution in [0, 0.1) is 10.1 Å². The van der Waals surface area contributed by atoms with E-state index in [1.165, 1.54) is 12.1 Å². The van der Waals surface area contributed by atoms with Gasteiger partial charge in [-0.1, -0.05) is 0 Å². The van der Waals surface area contributed by atoms with Crippen LogP contribution in [0.3, 0.4) is 0 Å². The predicted octanol–water partition coefficient (Wildman–Crippen LogP) is 1.87. The number of hydrogen-bond acceptors (Lipinski definition) is 5. The van der Waals surface area contributed by atoms with E-state index in [0.717, 1.165) is 6.07 Å². The van der Waals surface area contributed by atoms with Crippen molar-refractivity contribution >= 4 is 17.5 Å². The number of aromatic hydroxyl groups is 1. The van der Waals surface area contributed by atoms with Crippen molar-refractivity contribution in [2.45, 2.75) is 6.92 Å². The lowest BCUT2D eigenvalue weighted by Crippen LogP contribution is -2.13. The highest BCUT2D eigenvalue weighted by Crippen LogP contribution is 2.27. The minimum absolute atomic E-state index is 0.0593. The van der Waals surface area contributed by atoms with Gasteiger partial charge in [-0.25, -0.2) is 4.79 Å². The van der Waals surface area contributed by atoms with Crippen molar-refractivity contribution in [2.75, 3.05) is 11.9 Å². The van der Waals surface area contributed by atoms with Gasteiger partial charge in [-0.2, -0.15) is 0 Å². The Balaban J connectivity index is 2.83. The van der Waals surface area contributed by atoms with E-state index in [1.807, 2.05) is 0 Å². The van der Waals surface area contributed by atoms with E-state index in [1.54, 1.807) is 6.92 Å². The number of nitrogens with zero attached hydrogens (tertiary/aromatic N) is 1. The number of amides is 1. The van der Waals surface area contributed by atoms with Gasteiger partial charge in [-0.3, -0.25) is 15.4 Å². The fourth-order valence-electron chi connectivity index (χ4n) is 1.02. The molecule has 0 heterocycles. The first-order valence-electron chi connectivity index (χ1n) is 4.45. The Kier molecular flexibility index (Phi) is 3.65. The number of carbonyl (C=O) groups excluding carboxylic acids is 1. The van der Waals surface area contributed by atoms with Crippen LogP contribution in [-0.2, 0) is 4.74 Å². The van der Waals surface area contributed by atoms with Crippen LogP contribution in [0.15, 0.2) is 18.2 Å². The molecule has 16 heavy (non-hydrogen) atoms. The first-order valence-corrected chi connectivity index (χ1v) is 4.45. The number of nitrogens with one attached hydrogen (secondary N) is 1. The molecule has 0 atom stereocenters. The van der Waals surface area contributed by atoms with E-state index in [2.05, 4.69) is 10.1 Å². The minimum Gasteiger partial charge on any atom is -0.506 e. The maximum atomic E-state index is 11.0. The van der Waals surface area contributed by atoms with Gasteiger partial charge in [0.2, 0.25) is 0 Å². The molecule has 1 aromatic carbocycles. The second-order valence-corrected chi connectivity index (χ2v) is 2.80. The lowest BCUT2D eigenvalue weighted by molar-refractivity contribution is -0.384. The highest BCUT2D eigenvalue weighted by molar-refractivity contribution is 5.86. The van der Waals surface area contributed by atoms with Gasteiger partial charge in [-0.05, 0) is 13.0 Å². The number of benzene rings is 1. The number of hydrogen-bond donors (Lipinski definition) is 2. The van der Waals surface area contributed by atoms with Gasteiger partial charge in [0, 0.05) is 6.07 Å². The maximum absolute atomic E-state index is 11.0. The van der Waals surface area contributed by atoms with Gasteiger partial charge in [0.15, 0.2) is 0 Å². The summed E-state index contributed by atoms with van der Waals surface area (Å²) in [7, 11) is 0. The molecule has 0 aliphatic carbocycles. The van der Waals surface area contributed by atoms with E-state index in [0.29, 0.717) is 0 Å². The van der Waals surface area contributed by atoms with Crippen LogP contribution >= 0.6 is 0 Å². The van der Waals surface area contributed by atoms with Gasteiger partial charge in [0.1, 0.15) is 5.75 Å². The largest absolute Gasteiger partial charge is 0.506 e. The Bertz CT molecular complexity index is 418. The van der Waals surface area contributed by atoms with Gasteiger partial charge >= 0.3 is 6.09 Å². The molecule has 86 valence electrons. The summed E-state index contributed by atoms with van der Waals surface area (Å²) in [5.74, 6) is -0.387. The maximum Gasteiger partial charge on any atom is 0.411 e. The van der Waals surface area contributed by atoms with Crippen LogP contribution in [0.4, 0.5) is 16.2 Å². The van der Waals surface area contributed by atoms with Crippen molar-refractivity contribution in [1.82, 2.24) is 0 Å². The number of non-ortho nitro benzene ring substituents is 1. The third-order valence-corrected chi connectivity index (χ3v) is 1.70. The van der Waals surface area contributed by atoms with Crippen molar-refractivity contribution in [3.8, 4) is 5.75 Å². The van der Waals surface area contributed by atoms with E-state index >= 15 is 0 Å². The summed E-state index contributed by atoms with van der Waals surface area (Å²) in [6, 6.07) is 3.34. The molecule has 7 nitrogen and oxygen atoms in total. The van der Waals surface area contributed by atoms with E-state index in [4.69, 9.17) is 0 Å². The molecule has 1 rings (SSSR count). The zero-order chi connectivity index (χ0) is 12.1. The Morgan fingerprint density at radius 2 is 2.31 bits per heavy atom. The summed E-state index contributed by atoms with van der Waals surface area (Å²) in [6.07, 6.45) is -0.730. The number of phenolic OH excluding ortho intramolecular Hbond substituents is 1. The summed E-state index contributed by atoms with van der Waals surface area (Å²) in [5, 5.41) is 22.0. The molecule has 0 saturated carbocycles. The fourth-order valence-corrected chi connectivity index (χ4v) is 1.02. The first kappa shape index (κ1) is 11.8. The SMILES string of the molecule is CCOC(=O)Nc1ccc([N+](=O)[O-])cc1O. The molecule has 0 bridgehead atoms. The quantitative estimate of drug-likeness (QED) is 0.465. The number of rotatable bonds is 3. The zero-order valence-electron chi connectivity index (χ0n) is 8.47. The van der Waals surface area contributed by atoms with Crippen molar-refractivity contribution in [3.63, 3.8) is 0 Å². The van der Waals surface area contributed by atoms with Crippen LogP contribution in [0.2, 0.25) is 0 Å². The van der Waals surface area contributed by atoms with Crippen LogP contribution in [-0.4, -0.2) is 22.7 Å². The minimum atomic E-state index is -0.730. The highest BCUT2D eigenvalue weighted by Gasteiger charge is 2.12. The molecule has 0 spiro atoms. The number of ether oxygens (including phenoxy) is 1. The molecule has 0 fully saturated rings. The van der Waals surface area contributed by atoms with Crippen molar-refractivity contribution < 1.29 is 19.6 Å². The molecule has 0 radical (unpaired) electrons. The van der Waals surface area contributed by atoms with Gasteiger partial charge in [0.05, 0.1) is 23.3 Å². The normalized spacial score (nSPS) is 9.56. The number of carbonyl (C=O) groups is 1. The second-order valence-electron chi connectivity index (χ2n) is 2.80. The lowest BCUT2D eigenvalue weighted by atomic mass is 10.2. The van der Waals surface area contributed by atoms with Crippen molar-refractivity contribution in [1.29, 1.82) is 0 Å². The molecule has 1 amide bonds. The fraction of sp³-hybridized carbons (Fsp3) is 0.222. The van der Waals surface area contributed by atoms with Crippen LogP contribution in [0.1, 0.15) is 6.92 Å². The van der Waals surface area contributed by atoms with Crippen LogP contribution in [0.5, 0.6) is 5.75 Å². The number of phenols is 1. The predicted molar refractivity (Wildman–Crippen MR) is 55.4 cm³/mol. The topological polar surface area (TPSA) is 102 Å². The molecular weight excluding hydrogens is 216 g/mol. The summed E-state index contributed by atoms with van der Waals surface area (Å²) in [5.41, 5.74) is -0.198. The Hall–Kier alpha value is -2.31. The van der Waals surface area contributed by atoms with Gasteiger partial charge < -0.3 is 9.84 Å². The number of nitro groups is 1. The average molecular weight is 226 g/mol. The van der Waals surface area contributed by atoms with Gasteiger partial charge in [0.25, 0.3) is 5.69 Å². The third-order valence-electron chi connectivity index (χ3n) is 1.70. The lowest BCUT2D eigenvalue weighted by Gasteiger charge is -2.06. The molecule has 7 heteroatoms. The van der Waals surface area contributed by atoms with Crippen molar-refractivity contribution in [3.05, 3.63) is 28.3 Å². The third kappa shape index (κ3) is 2.84. The molecule has 0 aromatic heterocycles. The summed E-state index contributed by atoms with van der Waals surface area (Å²) in [6.45, 7) is 1.83. The summed E-state index contributed by atoms with van der Waals surface area (Å²) in [4.78, 5) is 20.7. The zero-order valence-corrected chi connectivity index (χ0v) is 8.47. The first-order chi connectivity index (χ1) is 7.54. The highest BCUT2D eigenvalue weighted by atomic mass is 16.6. The van der Waals surface area contributed by atoms with E-state index in [9.17, 15) is 20.0 Å². The second kappa shape index (κ2) is 4.96. The van der Waals surface area contributed by atoms with Crippen molar-refractivity contribution in [2.24, 2.45) is 0 Å². The Labute approximate surface area is 90.8 Å². The smallest absolute Gasteiger partial charge is 0.411 e.